The first kappa shape index (κ1) is 7.44. The molecule has 3 heteroatoms. The van der Waals surface area contributed by atoms with E-state index in [4.69, 9.17) is 9.84 Å². The SMILES string of the molecule is O=C/C=C/[C@H]1OCC[C@H]1O. The molecule has 0 radical (unpaired) electrons. The molecule has 0 bridgehead atoms. The molecule has 0 saturated carbocycles. The highest BCUT2D eigenvalue weighted by Gasteiger charge is 2.22. The van der Waals surface area contributed by atoms with Crippen LogP contribution in [0.2, 0.25) is 0 Å². The van der Waals surface area contributed by atoms with Crippen molar-refractivity contribution in [2.75, 3.05) is 6.61 Å². The summed E-state index contributed by atoms with van der Waals surface area (Å²) in [6.07, 6.45) is 3.55. The molecule has 1 saturated heterocycles. The van der Waals surface area contributed by atoms with Gasteiger partial charge in [0.05, 0.1) is 12.7 Å². The summed E-state index contributed by atoms with van der Waals surface area (Å²) in [6.45, 7) is 0.578. The van der Waals surface area contributed by atoms with Gasteiger partial charge in [-0.3, -0.25) is 4.79 Å². The molecule has 0 aliphatic carbocycles. The number of hydrogen-bond acceptors (Lipinski definition) is 3. The number of ether oxygens (including phenoxy) is 1. The Morgan fingerprint density at radius 1 is 1.60 bits per heavy atom. The number of allylic oxidation sites excluding steroid dienone is 1. The molecule has 1 rings (SSSR count). The zero-order chi connectivity index (χ0) is 7.40. The van der Waals surface area contributed by atoms with Crippen LogP contribution >= 0.6 is 0 Å². The Labute approximate surface area is 59.3 Å². The predicted octanol–water partition coefficient (Wildman–Crippen LogP) is -0.109. The second kappa shape index (κ2) is 3.49. The molecular formula is C7H10O3. The van der Waals surface area contributed by atoms with Crippen molar-refractivity contribution in [2.24, 2.45) is 0 Å². The van der Waals surface area contributed by atoms with Crippen LogP contribution in [0.3, 0.4) is 0 Å². The van der Waals surface area contributed by atoms with Crippen LogP contribution in [0, 0.1) is 0 Å². The maximum Gasteiger partial charge on any atom is 0.142 e. The Balaban J connectivity index is 2.39. The van der Waals surface area contributed by atoms with Gasteiger partial charge < -0.3 is 9.84 Å². The summed E-state index contributed by atoms with van der Waals surface area (Å²) in [7, 11) is 0. The minimum absolute atomic E-state index is 0.273. The normalized spacial score (nSPS) is 33.3. The molecule has 0 unspecified atom stereocenters. The molecule has 0 aromatic rings. The van der Waals surface area contributed by atoms with Crippen molar-refractivity contribution < 1.29 is 14.6 Å². The molecule has 1 aliphatic rings. The van der Waals surface area contributed by atoms with Crippen LogP contribution in [0.25, 0.3) is 0 Å². The average Bonchev–Trinajstić information content (AvgIpc) is 2.31. The van der Waals surface area contributed by atoms with Crippen LogP contribution in [0.5, 0.6) is 0 Å². The van der Waals surface area contributed by atoms with Crippen molar-refractivity contribution in [3.63, 3.8) is 0 Å². The lowest BCUT2D eigenvalue weighted by Crippen LogP contribution is -2.17. The smallest absolute Gasteiger partial charge is 0.142 e. The van der Waals surface area contributed by atoms with Gasteiger partial charge in [0, 0.05) is 0 Å². The van der Waals surface area contributed by atoms with Crippen LogP contribution < -0.4 is 0 Å². The zero-order valence-corrected chi connectivity index (χ0v) is 5.56. The molecule has 1 N–H and O–H groups in total. The Kier molecular flexibility index (Phi) is 2.59. The van der Waals surface area contributed by atoms with E-state index in [2.05, 4.69) is 0 Å². The highest BCUT2D eigenvalue weighted by molar-refractivity contribution is 5.64. The molecular weight excluding hydrogens is 132 g/mol. The van der Waals surface area contributed by atoms with Gasteiger partial charge in [-0.05, 0) is 12.5 Å². The monoisotopic (exact) mass is 142 g/mol. The largest absolute Gasteiger partial charge is 0.390 e. The third-order valence-electron chi connectivity index (χ3n) is 1.48. The molecule has 56 valence electrons. The molecule has 0 aromatic heterocycles. The molecule has 10 heavy (non-hydrogen) atoms. The lowest BCUT2D eigenvalue weighted by atomic mass is 10.2. The van der Waals surface area contributed by atoms with Crippen molar-refractivity contribution >= 4 is 6.29 Å². The third kappa shape index (κ3) is 1.65. The van der Waals surface area contributed by atoms with E-state index in [1.807, 2.05) is 0 Å². The first-order chi connectivity index (χ1) is 4.84. The van der Waals surface area contributed by atoms with Crippen molar-refractivity contribution in [3.05, 3.63) is 12.2 Å². The van der Waals surface area contributed by atoms with Gasteiger partial charge in [-0.25, -0.2) is 0 Å². The molecule has 0 spiro atoms. The van der Waals surface area contributed by atoms with E-state index in [1.165, 1.54) is 6.08 Å². The Bertz CT molecular complexity index is 142. The number of aliphatic hydroxyl groups excluding tert-OH is 1. The van der Waals surface area contributed by atoms with Gasteiger partial charge in [0.15, 0.2) is 0 Å². The minimum atomic E-state index is -0.434. The molecule has 1 aliphatic heterocycles. The number of rotatable bonds is 2. The lowest BCUT2D eigenvalue weighted by Gasteiger charge is -2.06. The quantitative estimate of drug-likeness (QED) is 0.432. The van der Waals surface area contributed by atoms with Crippen LogP contribution in [0.4, 0.5) is 0 Å². The molecule has 0 aromatic carbocycles. The fourth-order valence-electron chi connectivity index (χ4n) is 0.939. The topological polar surface area (TPSA) is 46.5 Å². The molecule has 1 fully saturated rings. The van der Waals surface area contributed by atoms with Gasteiger partial charge in [-0.1, -0.05) is 6.08 Å². The Hall–Kier alpha value is -0.670. The summed E-state index contributed by atoms with van der Waals surface area (Å²) in [4.78, 5) is 9.84. The maximum atomic E-state index is 9.84. The first-order valence-corrected chi connectivity index (χ1v) is 3.26. The second-order valence-electron chi connectivity index (χ2n) is 2.21. The van der Waals surface area contributed by atoms with E-state index >= 15 is 0 Å². The fourth-order valence-corrected chi connectivity index (χ4v) is 0.939. The van der Waals surface area contributed by atoms with E-state index in [-0.39, 0.29) is 6.10 Å². The molecule has 0 amide bonds. The summed E-state index contributed by atoms with van der Waals surface area (Å²) in [5.41, 5.74) is 0. The van der Waals surface area contributed by atoms with Gasteiger partial charge in [-0.15, -0.1) is 0 Å². The van der Waals surface area contributed by atoms with Crippen molar-refractivity contribution in [1.82, 2.24) is 0 Å². The highest BCUT2D eigenvalue weighted by Crippen LogP contribution is 2.13. The first-order valence-electron chi connectivity index (χ1n) is 3.26. The fraction of sp³-hybridized carbons (Fsp3) is 0.571. The number of carbonyl (C=O) groups is 1. The van der Waals surface area contributed by atoms with Crippen molar-refractivity contribution in [2.45, 2.75) is 18.6 Å². The molecule has 3 nitrogen and oxygen atoms in total. The standard InChI is InChI=1S/C7H10O3/c8-4-1-2-7-6(9)3-5-10-7/h1-2,4,6-7,9H,3,5H2/b2-1+/t6-,7-/m1/s1. The van der Waals surface area contributed by atoms with Gasteiger partial charge >= 0.3 is 0 Å². The van der Waals surface area contributed by atoms with E-state index < -0.39 is 6.10 Å². The lowest BCUT2D eigenvalue weighted by molar-refractivity contribution is -0.104. The summed E-state index contributed by atoms with van der Waals surface area (Å²) < 4.78 is 5.07. The predicted molar refractivity (Wildman–Crippen MR) is 35.6 cm³/mol. The van der Waals surface area contributed by atoms with Crippen molar-refractivity contribution in [3.8, 4) is 0 Å². The number of aldehydes is 1. The van der Waals surface area contributed by atoms with Crippen LogP contribution in [-0.4, -0.2) is 30.2 Å². The molecule has 1 heterocycles. The molecule has 2 atom stereocenters. The number of hydrogen-bond donors (Lipinski definition) is 1. The highest BCUT2D eigenvalue weighted by atomic mass is 16.5. The van der Waals surface area contributed by atoms with Gasteiger partial charge in [0.1, 0.15) is 12.4 Å². The van der Waals surface area contributed by atoms with Gasteiger partial charge in [0.2, 0.25) is 0 Å². The van der Waals surface area contributed by atoms with Crippen LogP contribution in [-0.2, 0) is 9.53 Å². The average molecular weight is 142 g/mol. The van der Waals surface area contributed by atoms with E-state index in [9.17, 15) is 4.79 Å². The second-order valence-corrected chi connectivity index (χ2v) is 2.21. The van der Waals surface area contributed by atoms with E-state index in [0.29, 0.717) is 19.3 Å². The zero-order valence-electron chi connectivity index (χ0n) is 5.56. The summed E-state index contributed by atoms with van der Waals surface area (Å²) in [5, 5.41) is 9.12. The number of aliphatic hydroxyl groups is 1. The number of carbonyl (C=O) groups excluding carboxylic acids is 1. The maximum absolute atomic E-state index is 9.84. The third-order valence-corrected chi connectivity index (χ3v) is 1.48. The van der Waals surface area contributed by atoms with Crippen LogP contribution in [0.15, 0.2) is 12.2 Å². The van der Waals surface area contributed by atoms with Gasteiger partial charge in [0.25, 0.3) is 0 Å². The van der Waals surface area contributed by atoms with Crippen molar-refractivity contribution in [1.29, 1.82) is 0 Å². The Morgan fingerprint density at radius 3 is 2.90 bits per heavy atom. The summed E-state index contributed by atoms with van der Waals surface area (Å²) in [6, 6.07) is 0. The summed E-state index contributed by atoms with van der Waals surface area (Å²) >= 11 is 0. The van der Waals surface area contributed by atoms with Crippen LogP contribution in [0.1, 0.15) is 6.42 Å². The Morgan fingerprint density at radius 2 is 2.40 bits per heavy atom. The van der Waals surface area contributed by atoms with E-state index in [0.717, 1.165) is 0 Å². The van der Waals surface area contributed by atoms with E-state index in [1.54, 1.807) is 6.08 Å². The summed E-state index contributed by atoms with van der Waals surface area (Å²) in [5.74, 6) is 0. The van der Waals surface area contributed by atoms with Gasteiger partial charge in [-0.2, -0.15) is 0 Å². The minimum Gasteiger partial charge on any atom is -0.390 e.